The number of hydrogen-bond donors (Lipinski definition) is 0. The highest BCUT2D eigenvalue weighted by molar-refractivity contribution is 4.55. The van der Waals surface area contributed by atoms with E-state index in [-0.39, 0.29) is 12.4 Å². The zero-order chi connectivity index (χ0) is 30.0. The molecule has 0 fully saturated rings. The van der Waals surface area contributed by atoms with Crippen LogP contribution < -0.4 is 12.4 Å². The van der Waals surface area contributed by atoms with Gasteiger partial charge < -0.3 is 16.9 Å². The van der Waals surface area contributed by atoms with Crippen LogP contribution in [-0.2, 0) is 0 Å². The molecule has 0 unspecified atom stereocenters. The normalized spacial score (nSPS) is 11.7. The fraction of sp³-hybridized carbons (Fsp3) is 1.00. The summed E-state index contributed by atoms with van der Waals surface area (Å²) in [5.41, 5.74) is 0. The topological polar surface area (TPSA) is 0 Å². The minimum atomic E-state index is 0. The molecule has 0 aromatic heterocycles. The van der Waals surface area contributed by atoms with Crippen LogP contribution in [0.4, 0.5) is 0 Å². The van der Waals surface area contributed by atoms with Gasteiger partial charge in [-0.05, 0) is 44.9 Å². The maximum absolute atomic E-state index is 2.41. The quantitative estimate of drug-likeness (QED) is 0.0487. The van der Waals surface area contributed by atoms with Gasteiger partial charge in [-0.3, -0.25) is 0 Å². The van der Waals surface area contributed by atoms with E-state index in [2.05, 4.69) is 27.7 Å². The van der Waals surface area contributed by atoms with Crippen molar-refractivity contribution in [2.45, 2.75) is 233 Å². The van der Waals surface area contributed by atoms with Crippen LogP contribution in [0.3, 0.4) is 0 Å². The second-order valence-corrected chi connectivity index (χ2v) is 14.1. The molecule has 0 saturated heterocycles. The van der Waals surface area contributed by atoms with Crippen LogP contribution >= 0.6 is 0 Å². The molecular formula is C40H84ClN. The summed E-state index contributed by atoms with van der Waals surface area (Å²) in [7, 11) is 0. The Morgan fingerprint density at radius 3 is 0.595 bits per heavy atom. The van der Waals surface area contributed by atoms with Crippen molar-refractivity contribution in [3.63, 3.8) is 0 Å². The molecule has 0 atom stereocenters. The molecule has 2 heteroatoms. The van der Waals surface area contributed by atoms with E-state index in [1.165, 1.54) is 236 Å². The number of nitrogens with zero attached hydrogens (tertiary/aromatic N) is 1. The Morgan fingerprint density at radius 2 is 0.381 bits per heavy atom. The molecular weight excluding hydrogens is 530 g/mol. The summed E-state index contributed by atoms with van der Waals surface area (Å²) in [6, 6.07) is 0. The Hall–Kier alpha value is 0.250. The third-order valence-electron chi connectivity index (χ3n) is 9.94. The molecule has 256 valence electrons. The average Bonchev–Trinajstić information content (AvgIpc) is 2.98. The van der Waals surface area contributed by atoms with Gasteiger partial charge in [-0.2, -0.15) is 0 Å². The molecule has 0 aliphatic heterocycles. The molecule has 1 nitrogen and oxygen atoms in total. The first kappa shape index (κ1) is 44.4. The van der Waals surface area contributed by atoms with E-state index in [1.807, 2.05) is 0 Å². The van der Waals surface area contributed by atoms with E-state index >= 15 is 0 Å². The SMILES string of the molecule is CCCCCCCCCCCC[N+](CCCC)(CCCCCCCCCCCC)CCCCCCCCCCCC.[Cl-]. The van der Waals surface area contributed by atoms with Gasteiger partial charge in [-0.1, -0.05) is 188 Å². The Balaban J connectivity index is 0. The largest absolute Gasteiger partial charge is 1.00 e. The molecule has 0 rings (SSSR count). The minimum absolute atomic E-state index is 0. The molecule has 0 radical (unpaired) electrons. The number of unbranched alkanes of at least 4 members (excludes halogenated alkanes) is 28. The zero-order valence-electron chi connectivity index (χ0n) is 30.3. The van der Waals surface area contributed by atoms with Crippen LogP contribution in [0.5, 0.6) is 0 Å². The van der Waals surface area contributed by atoms with Gasteiger partial charge in [0.2, 0.25) is 0 Å². The molecule has 0 amide bonds. The maximum Gasteiger partial charge on any atom is 0.0786 e. The van der Waals surface area contributed by atoms with Gasteiger partial charge in [0.1, 0.15) is 0 Å². The van der Waals surface area contributed by atoms with Crippen LogP contribution in [0.15, 0.2) is 0 Å². The smallest absolute Gasteiger partial charge is 0.0786 e. The van der Waals surface area contributed by atoms with Gasteiger partial charge >= 0.3 is 0 Å². The monoisotopic (exact) mass is 614 g/mol. The van der Waals surface area contributed by atoms with Crippen molar-refractivity contribution in [2.24, 2.45) is 0 Å². The van der Waals surface area contributed by atoms with Gasteiger partial charge in [-0.15, -0.1) is 0 Å². The molecule has 42 heavy (non-hydrogen) atoms. The summed E-state index contributed by atoms with van der Waals surface area (Å²) in [4.78, 5) is 0. The third-order valence-corrected chi connectivity index (χ3v) is 9.94. The maximum atomic E-state index is 2.41. The Morgan fingerprint density at radius 1 is 0.214 bits per heavy atom. The third kappa shape index (κ3) is 31.7. The summed E-state index contributed by atoms with van der Waals surface area (Å²) in [5.74, 6) is 0. The molecule has 0 N–H and O–H groups in total. The minimum Gasteiger partial charge on any atom is -1.00 e. The van der Waals surface area contributed by atoms with E-state index < -0.39 is 0 Å². The second-order valence-electron chi connectivity index (χ2n) is 14.1. The van der Waals surface area contributed by atoms with E-state index in [1.54, 1.807) is 0 Å². The number of hydrogen-bond acceptors (Lipinski definition) is 0. The summed E-state index contributed by atoms with van der Waals surface area (Å²) < 4.78 is 1.47. The predicted octanol–water partition coefficient (Wildman–Crippen LogP) is 11.4. The van der Waals surface area contributed by atoms with Gasteiger partial charge in [0.05, 0.1) is 26.2 Å². The van der Waals surface area contributed by atoms with Crippen molar-refractivity contribution in [3.8, 4) is 0 Å². The standard InChI is InChI=1S/C40H84N.ClH/c1-5-9-13-16-19-22-25-28-31-34-38-41(37-12-8-4,39-35-32-29-26-23-20-17-14-10-6-2)40-36-33-30-27-24-21-18-15-11-7-3;/h5-40H2,1-4H3;1H/q+1;/p-1. The number of halogens is 1. The van der Waals surface area contributed by atoms with Crippen LogP contribution in [-0.4, -0.2) is 30.7 Å². The molecule has 0 spiro atoms. The van der Waals surface area contributed by atoms with Gasteiger partial charge in [0.15, 0.2) is 0 Å². The Kier molecular flexibility index (Phi) is 39.6. The lowest BCUT2D eigenvalue weighted by atomic mass is 10.0. The van der Waals surface area contributed by atoms with Crippen molar-refractivity contribution in [1.82, 2.24) is 0 Å². The first-order chi connectivity index (χ1) is 20.2. The van der Waals surface area contributed by atoms with Crippen LogP contribution in [0.1, 0.15) is 233 Å². The lowest BCUT2D eigenvalue weighted by Crippen LogP contribution is -3.00. The Bertz CT molecular complexity index is 405. The molecule has 0 aliphatic carbocycles. The summed E-state index contributed by atoms with van der Waals surface area (Å²) in [6.07, 6.45) is 46.7. The lowest BCUT2D eigenvalue weighted by molar-refractivity contribution is -0.929. The van der Waals surface area contributed by atoms with Crippen molar-refractivity contribution in [3.05, 3.63) is 0 Å². The molecule has 0 heterocycles. The second kappa shape index (κ2) is 37.4. The highest BCUT2D eigenvalue weighted by atomic mass is 35.5. The molecule has 0 bridgehead atoms. The van der Waals surface area contributed by atoms with Gasteiger partial charge in [-0.25, -0.2) is 0 Å². The fourth-order valence-corrected chi connectivity index (χ4v) is 6.97. The molecule has 0 saturated carbocycles. The van der Waals surface area contributed by atoms with Crippen molar-refractivity contribution < 1.29 is 16.9 Å². The molecule has 0 aromatic rings. The summed E-state index contributed by atoms with van der Waals surface area (Å²) in [5, 5.41) is 0. The molecule has 0 aromatic carbocycles. The van der Waals surface area contributed by atoms with Gasteiger partial charge in [0.25, 0.3) is 0 Å². The lowest BCUT2D eigenvalue weighted by Gasteiger charge is -2.39. The van der Waals surface area contributed by atoms with E-state index in [0.717, 1.165) is 0 Å². The van der Waals surface area contributed by atoms with Crippen LogP contribution in [0.2, 0.25) is 0 Å². The van der Waals surface area contributed by atoms with Crippen LogP contribution in [0.25, 0.3) is 0 Å². The zero-order valence-corrected chi connectivity index (χ0v) is 31.0. The summed E-state index contributed by atoms with van der Waals surface area (Å²) >= 11 is 0. The highest BCUT2D eigenvalue weighted by Gasteiger charge is 2.25. The summed E-state index contributed by atoms with van der Waals surface area (Å²) in [6.45, 7) is 15.3. The van der Waals surface area contributed by atoms with E-state index in [4.69, 9.17) is 0 Å². The van der Waals surface area contributed by atoms with Crippen molar-refractivity contribution >= 4 is 0 Å². The van der Waals surface area contributed by atoms with Crippen LogP contribution in [0, 0.1) is 0 Å². The first-order valence-electron chi connectivity index (χ1n) is 20.1. The average molecular weight is 615 g/mol. The predicted molar refractivity (Wildman–Crippen MR) is 190 cm³/mol. The van der Waals surface area contributed by atoms with Crippen molar-refractivity contribution in [2.75, 3.05) is 26.2 Å². The number of quaternary nitrogens is 1. The van der Waals surface area contributed by atoms with Crippen molar-refractivity contribution in [1.29, 1.82) is 0 Å². The first-order valence-corrected chi connectivity index (χ1v) is 20.1. The Labute approximate surface area is 275 Å². The van der Waals surface area contributed by atoms with E-state index in [0.29, 0.717) is 0 Å². The molecule has 0 aliphatic rings. The highest BCUT2D eigenvalue weighted by Crippen LogP contribution is 2.21. The number of rotatable bonds is 36. The van der Waals surface area contributed by atoms with Gasteiger partial charge in [0, 0.05) is 0 Å². The fourth-order valence-electron chi connectivity index (χ4n) is 6.97. The van der Waals surface area contributed by atoms with E-state index in [9.17, 15) is 0 Å².